The van der Waals surface area contributed by atoms with Crippen LogP contribution in [0.2, 0.25) is 0 Å². The lowest BCUT2D eigenvalue weighted by molar-refractivity contribution is 0.0941. The fraction of sp³-hybridized carbons (Fsp3) is 0.625. The number of pyridine rings is 1. The second kappa shape index (κ2) is 7.27. The fourth-order valence-electron chi connectivity index (χ4n) is 3.00. The predicted octanol–water partition coefficient (Wildman–Crippen LogP) is 3.07. The molecule has 1 fully saturated rings. The number of carbonyl (C=O) groups excluding carboxylic acids is 1. The molecule has 0 saturated heterocycles. The van der Waals surface area contributed by atoms with Gasteiger partial charge in [0.15, 0.2) is 0 Å². The van der Waals surface area contributed by atoms with E-state index in [2.05, 4.69) is 22.5 Å². The van der Waals surface area contributed by atoms with E-state index in [-0.39, 0.29) is 5.91 Å². The molecule has 1 aromatic rings. The van der Waals surface area contributed by atoms with Crippen LogP contribution in [-0.4, -0.2) is 24.0 Å². The second-order valence-corrected chi connectivity index (χ2v) is 5.80. The number of carbonyl (C=O) groups is 1. The molecule has 1 heterocycles. The van der Waals surface area contributed by atoms with Crippen LogP contribution < -0.4 is 10.6 Å². The summed E-state index contributed by atoms with van der Waals surface area (Å²) in [6.07, 6.45) is 8.47. The Morgan fingerprint density at radius 2 is 2.30 bits per heavy atom. The molecule has 1 aliphatic rings. The van der Waals surface area contributed by atoms with E-state index < -0.39 is 0 Å². The van der Waals surface area contributed by atoms with E-state index in [4.69, 9.17) is 0 Å². The van der Waals surface area contributed by atoms with Crippen LogP contribution in [0.1, 0.15) is 49.9 Å². The lowest BCUT2D eigenvalue weighted by Crippen LogP contribution is -2.32. The number of hydrogen-bond acceptors (Lipinski definition) is 3. The second-order valence-electron chi connectivity index (χ2n) is 5.80. The van der Waals surface area contributed by atoms with Crippen LogP contribution in [0, 0.1) is 11.8 Å². The van der Waals surface area contributed by atoms with Gasteiger partial charge in [-0.2, -0.15) is 0 Å². The first kappa shape index (κ1) is 14.8. The average Bonchev–Trinajstić information content (AvgIpc) is 2.46. The molecular weight excluding hydrogens is 250 g/mol. The summed E-state index contributed by atoms with van der Waals surface area (Å²) in [5.74, 6) is 1.43. The molecule has 110 valence electrons. The molecule has 2 N–H and O–H groups in total. The number of rotatable bonds is 5. The lowest BCUT2D eigenvalue weighted by Gasteiger charge is -2.26. The van der Waals surface area contributed by atoms with Crippen LogP contribution in [-0.2, 0) is 0 Å². The van der Waals surface area contributed by atoms with Crippen LogP contribution in [0.3, 0.4) is 0 Å². The quantitative estimate of drug-likeness (QED) is 0.868. The van der Waals surface area contributed by atoms with Gasteiger partial charge in [0, 0.05) is 19.3 Å². The maximum absolute atomic E-state index is 12.3. The Morgan fingerprint density at radius 3 is 3.05 bits per heavy atom. The Labute approximate surface area is 121 Å². The third-order valence-corrected chi connectivity index (χ3v) is 4.03. The Balaban J connectivity index is 1.91. The highest BCUT2D eigenvalue weighted by atomic mass is 16.1. The lowest BCUT2D eigenvalue weighted by atomic mass is 9.82. The molecular formula is C16H25N3O. The van der Waals surface area contributed by atoms with Crippen molar-refractivity contribution < 1.29 is 4.79 Å². The first-order chi connectivity index (χ1) is 9.70. The molecule has 2 atom stereocenters. The molecule has 0 radical (unpaired) electrons. The van der Waals surface area contributed by atoms with Crippen molar-refractivity contribution in [3.8, 4) is 0 Å². The van der Waals surface area contributed by atoms with Crippen molar-refractivity contribution in [2.45, 2.75) is 39.5 Å². The summed E-state index contributed by atoms with van der Waals surface area (Å²) in [6, 6.07) is 1.77. The molecule has 4 nitrogen and oxygen atoms in total. The van der Waals surface area contributed by atoms with Gasteiger partial charge in [0.2, 0.25) is 0 Å². The SMILES string of the molecule is CCNc1cnccc1C(=O)NCC1CCCC(C)C1. The number of amides is 1. The molecule has 2 rings (SSSR count). The minimum Gasteiger partial charge on any atom is -0.383 e. The topological polar surface area (TPSA) is 54.0 Å². The molecule has 0 aromatic carbocycles. The van der Waals surface area contributed by atoms with Crippen molar-refractivity contribution in [3.05, 3.63) is 24.0 Å². The van der Waals surface area contributed by atoms with E-state index in [1.165, 1.54) is 25.7 Å². The predicted molar refractivity (Wildman–Crippen MR) is 81.9 cm³/mol. The summed E-state index contributed by atoms with van der Waals surface area (Å²) < 4.78 is 0. The summed E-state index contributed by atoms with van der Waals surface area (Å²) >= 11 is 0. The van der Waals surface area contributed by atoms with Crippen LogP contribution in [0.25, 0.3) is 0 Å². The number of nitrogens with zero attached hydrogens (tertiary/aromatic N) is 1. The Bertz CT molecular complexity index is 447. The fourth-order valence-corrected chi connectivity index (χ4v) is 3.00. The van der Waals surface area contributed by atoms with E-state index in [1.807, 2.05) is 6.92 Å². The maximum atomic E-state index is 12.3. The van der Waals surface area contributed by atoms with E-state index in [1.54, 1.807) is 18.5 Å². The monoisotopic (exact) mass is 275 g/mol. The van der Waals surface area contributed by atoms with Crippen LogP contribution in [0.15, 0.2) is 18.5 Å². The summed E-state index contributed by atoms with van der Waals surface area (Å²) in [6.45, 7) is 5.89. The Hall–Kier alpha value is -1.58. The smallest absolute Gasteiger partial charge is 0.253 e. The largest absolute Gasteiger partial charge is 0.383 e. The van der Waals surface area contributed by atoms with Gasteiger partial charge in [0.05, 0.1) is 17.4 Å². The minimum absolute atomic E-state index is 0.00146. The zero-order chi connectivity index (χ0) is 14.4. The standard InChI is InChI=1S/C16H25N3O/c1-3-18-15-11-17-8-7-14(15)16(20)19-10-13-6-4-5-12(2)9-13/h7-8,11-13,18H,3-6,9-10H2,1-2H3,(H,19,20). The number of hydrogen-bond donors (Lipinski definition) is 2. The maximum Gasteiger partial charge on any atom is 0.253 e. The third-order valence-electron chi connectivity index (χ3n) is 4.03. The summed E-state index contributed by atoms with van der Waals surface area (Å²) in [7, 11) is 0. The summed E-state index contributed by atoms with van der Waals surface area (Å²) in [4.78, 5) is 16.3. The molecule has 1 aliphatic carbocycles. The number of anilines is 1. The zero-order valence-electron chi connectivity index (χ0n) is 12.5. The molecule has 0 aliphatic heterocycles. The van der Waals surface area contributed by atoms with E-state index in [0.29, 0.717) is 11.5 Å². The highest BCUT2D eigenvalue weighted by Gasteiger charge is 2.20. The molecule has 1 aromatic heterocycles. The average molecular weight is 275 g/mol. The summed E-state index contributed by atoms with van der Waals surface area (Å²) in [5, 5.41) is 6.26. The van der Waals surface area contributed by atoms with Crippen molar-refractivity contribution in [3.63, 3.8) is 0 Å². The van der Waals surface area contributed by atoms with Crippen molar-refractivity contribution in [2.24, 2.45) is 11.8 Å². The van der Waals surface area contributed by atoms with Crippen LogP contribution >= 0.6 is 0 Å². The zero-order valence-corrected chi connectivity index (χ0v) is 12.5. The number of nitrogens with one attached hydrogen (secondary N) is 2. The first-order valence-electron chi connectivity index (χ1n) is 7.66. The molecule has 1 saturated carbocycles. The van der Waals surface area contributed by atoms with Gasteiger partial charge in [-0.25, -0.2) is 0 Å². The van der Waals surface area contributed by atoms with E-state index >= 15 is 0 Å². The van der Waals surface area contributed by atoms with Gasteiger partial charge in [-0.05, 0) is 37.7 Å². The first-order valence-corrected chi connectivity index (χ1v) is 7.66. The van der Waals surface area contributed by atoms with E-state index in [9.17, 15) is 4.79 Å². The van der Waals surface area contributed by atoms with Gasteiger partial charge < -0.3 is 10.6 Å². The third kappa shape index (κ3) is 3.95. The summed E-state index contributed by atoms with van der Waals surface area (Å²) in [5.41, 5.74) is 1.50. The highest BCUT2D eigenvalue weighted by Crippen LogP contribution is 2.28. The molecule has 0 spiro atoms. The number of aromatic nitrogens is 1. The molecule has 2 unspecified atom stereocenters. The van der Waals surface area contributed by atoms with Crippen molar-refractivity contribution >= 4 is 11.6 Å². The minimum atomic E-state index is 0.00146. The van der Waals surface area contributed by atoms with Gasteiger partial charge in [0.25, 0.3) is 5.91 Å². The van der Waals surface area contributed by atoms with Gasteiger partial charge in [-0.1, -0.05) is 19.8 Å². The molecule has 0 bridgehead atoms. The van der Waals surface area contributed by atoms with E-state index in [0.717, 1.165) is 24.7 Å². The van der Waals surface area contributed by atoms with Crippen molar-refractivity contribution in [1.82, 2.24) is 10.3 Å². The molecule has 20 heavy (non-hydrogen) atoms. The van der Waals surface area contributed by atoms with Gasteiger partial charge in [-0.15, -0.1) is 0 Å². The van der Waals surface area contributed by atoms with Crippen molar-refractivity contribution in [1.29, 1.82) is 0 Å². The van der Waals surface area contributed by atoms with Gasteiger partial charge >= 0.3 is 0 Å². The van der Waals surface area contributed by atoms with Gasteiger partial charge in [-0.3, -0.25) is 9.78 Å². The molecule has 4 heteroatoms. The Kier molecular flexibility index (Phi) is 5.39. The Morgan fingerprint density at radius 1 is 1.45 bits per heavy atom. The highest BCUT2D eigenvalue weighted by molar-refractivity contribution is 5.99. The normalized spacial score (nSPS) is 22.3. The van der Waals surface area contributed by atoms with Crippen molar-refractivity contribution in [2.75, 3.05) is 18.4 Å². The molecule has 1 amide bonds. The van der Waals surface area contributed by atoms with Gasteiger partial charge in [0.1, 0.15) is 0 Å². The van der Waals surface area contributed by atoms with Crippen LogP contribution in [0.4, 0.5) is 5.69 Å². The van der Waals surface area contributed by atoms with Crippen LogP contribution in [0.5, 0.6) is 0 Å².